The van der Waals surface area contributed by atoms with Crippen LogP contribution in [0.25, 0.3) is 0 Å². The van der Waals surface area contributed by atoms with E-state index in [4.69, 9.17) is 11.6 Å². The third-order valence-corrected chi connectivity index (χ3v) is 3.66. The molecule has 0 saturated heterocycles. The molecule has 0 bridgehead atoms. The summed E-state index contributed by atoms with van der Waals surface area (Å²) in [4.78, 5) is 23.5. The van der Waals surface area contributed by atoms with Gasteiger partial charge in [0.2, 0.25) is 0 Å². The molecule has 118 valence electrons. The number of anilines is 1. The van der Waals surface area contributed by atoms with E-state index in [0.29, 0.717) is 10.7 Å². The van der Waals surface area contributed by atoms with Crippen molar-refractivity contribution in [2.45, 2.75) is 6.92 Å². The molecule has 0 unspecified atom stereocenters. The highest BCUT2D eigenvalue weighted by molar-refractivity contribution is 9.10. The second-order valence-electron chi connectivity index (χ2n) is 4.66. The number of halogens is 2. The Morgan fingerprint density at radius 3 is 2.48 bits per heavy atom. The molecule has 7 heteroatoms. The van der Waals surface area contributed by atoms with Gasteiger partial charge in [-0.05, 0) is 48.4 Å². The molecule has 2 rings (SSSR count). The maximum Gasteiger partial charge on any atom is 0.329 e. The zero-order valence-corrected chi connectivity index (χ0v) is 14.5. The van der Waals surface area contributed by atoms with Crippen molar-refractivity contribution in [1.82, 2.24) is 5.43 Å². The topological polar surface area (TPSA) is 70.6 Å². The Hall–Kier alpha value is -2.18. The van der Waals surface area contributed by atoms with E-state index in [1.807, 2.05) is 24.3 Å². The first kappa shape index (κ1) is 17.2. The van der Waals surface area contributed by atoms with Crippen molar-refractivity contribution in [3.05, 3.63) is 63.1 Å². The SMILES string of the molecule is Cc1cc(Cl)ccc1NC(=O)C(=O)N/N=C\c1ccc(Br)cc1. The Morgan fingerprint density at radius 2 is 1.83 bits per heavy atom. The van der Waals surface area contributed by atoms with Crippen molar-refractivity contribution in [3.63, 3.8) is 0 Å². The summed E-state index contributed by atoms with van der Waals surface area (Å²) < 4.78 is 0.941. The van der Waals surface area contributed by atoms with Gasteiger partial charge in [-0.25, -0.2) is 5.43 Å². The minimum atomic E-state index is -0.854. The molecule has 0 spiro atoms. The van der Waals surface area contributed by atoms with E-state index >= 15 is 0 Å². The van der Waals surface area contributed by atoms with Crippen LogP contribution in [-0.4, -0.2) is 18.0 Å². The van der Waals surface area contributed by atoms with E-state index in [0.717, 1.165) is 15.6 Å². The molecule has 2 aromatic carbocycles. The molecule has 0 aliphatic rings. The van der Waals surface area contributed by atoms with E-state index in [2.05, 4.69) is 31.8 Å². The van der Waals surface area contributed by atoms with E-state index < -0.39 is 11.8 Å². The summed E-state index contributed by atoms with van der Waals surface area (Å²) in [5.41, 5.74) is 4.25. The summed E-state index contributed by atoms with van der Waals surface area (Å²) in [6, 6.07) is 12.3. The molecule has 0 fully saturated rings. The first-order chi connectivity index (χ1) is 11.0. The molecule has 0 aliphatic carbocycles. The molecule has 2 N–H and O–H groups in total. The van der Waals surface area contributed by atoms with Crippen molar-refractivity contribution < 1.29 is 9.59 Å². The highest BCUT2D eigenvalue weighted by Crippen LogP contribution is 2.19. The predicted molar refractivity (Wildman–Crippen MR) is 94.7 cm³/mol. The highest BCUT2D eigenvalue weighted by atomic mass is 79.9. The molecule has 23 heavy (non-hydrogen) atoms. The summed E-state index contributed by atoms with van der Waals surface area (Å²) in [5, 5.41) is 6.81. The number of amides is 2. The number of hydrogen-bond acceptors (Lipinski definition) is 3. The number of rotatable bonds is 3. The Kier molecular flexibility index (Phi) is 5.90. The molecular formula is C16H13BrClN3O2. The van der Waals surface area contributed by atoms with Crippen molar-refractivity contribution in [2.75, 3.05) is 5.32 Å². The van der Waals surface area contributed by atoms with Gasteiger partial charge in [0, 0.05) is 15.2 Å². The maximum absolute atomic E-state index is 11.8. The summed E-state index contributed by atoms with van der Waals surface area (Å²) in [7, 11) is 0. The monoisotopic (exact) mass is 393 g/mol. The summed E-state index contributed by atoms with van der Waals surface area (Å²) >= 11 is 9.16. The van der Waals surface area contributed by atoms with Crippen molar-refractivity contribution in [3.8, 4) is 0 Å². The standard InChI is InChI=1S/C16H13BrClN3O2/c1-10-8-13(18)6-7-14(10)20-15(22)16(23)21-19-9-11-2-4-12(17)5-3-11/h2-9H,1H3,(H,20,22)(H,21,23)/b19-9-. The molecular weight excluding hydrogens is 382 g/mol. The van der Waals surface area contributed by atoms with Gasteiger partial charge in [-0.1, -0.05) is 39.7 Å². The molecule has 0 saturated carbocycles. The number of aryl methyl sites for hydroxylation is 1. The molecule has 5 nitrogen and oxygen atoms in total. The van der Waals surface area contributed by atoms with Crippen LogP contribution in [0.3, 0.4) is 0 Å². The van der Waals surface area contributed by atoms with Crippen LogP contribution in [0.4, 0.5) is 5.69 Å². The lowest BCUT2D eigenvalue weighted by atomic mass is 10.2. The lowest BCUT2D eigenvalue weighted by Crippen LogP contribution is -2.32. The molecule has 0 heterocycles. The second-order valence-corrected chi connectivity index (χ2v) is 6.02. The summed E-state index contributed by atoms with van der Waals surface area (Å²) in [6.07, 6.45) is 1.45. The number of nitrogens with zero attached hydrogens (tertiary/aromatic N) is 1. The van der Waals surface area contributed by atoms with Gasteiger partial charge in [-0.3, -0.25) is 9.59 Å². The number of hydrazone groups is 1. The van der Waals surface area contributed by atoms with Crippen molar-refractivity contribution in [2.24, 2.45) is 5.10 Å². The zero-order valence-electron chi connectivity index (χ0n) is 12.1. The molecule has 0 aromatic heterocycles. The van der Waals surface area contributed by atoms with Crippen LogP contribution in [0.1, 0.15) is 11.1 Å². The van der Waals surface area contributed by atoms with E-state index in [1.54, 1.807) is 25.1 Å². The van der Waals surface area contributed by atoms with Crippen LogP contribution in [-0.2, 0) is 9.59 Å². The smallest absolute Gasteiger partial charge is 0.317 e. The number of carbonyl (C=O) groups excluding carboxylic acids is 2. The average molecular weight is 395 g/mol. The Balaban J connectivity index is 1.92. The van der Waals surface area contributed by atoms with Crippen molar-refractivity contribution >= 4 is 51.2 Å². The average Bonchev–Trinajstić information content (AvgIpc) is 2.51. The number of nitrogens with one attached hydrogen (secondary N) is 2. The fourth-order valence-electron chi connectivity index (χ4n) is 1.71. The third-order valence-electron chi connectivity index (χ3n) is 2.89. The van der Waals surface area contributed by atoms with Crippen LogP contribution in [0.5, 0.6) is 0 Å². The third kappa shape index (κ3) is 5.19. The van der Waals surface area contributed by atoms with Gasteiger partial charge in [0.15, 0.2) is 0 Å². The Labute approximate surface area is 146 Å². The van der Waals surface area contributed by atoms with Crippen LogP contribution >= 0.6 is 27.5 Å². The minimum Gasteiger partial charge on any atom is -0.317 e. The number of carbonyl (C=O) groups is 2. The normalized spacial score (nSPS) is 10.6. The lowest BCUT2D eigenvalue weighted by Gasteiger charge is -2.07. The fourth-order valence-corrected chi connectivity index (χ4v) is 2.20. The van der Waals surface area contributed by atoms with Gasteiger partial charge in [0.05, 0.1) is 6.21 Å². The van der Waals surface area contributed by atoms with Gasteiger partial charge in [0.25, 0.3) is 0 Å². The van der Waals surface area contributed by atoms with Crippen molar-refractivity contribution in [1.29, 1.82) is 0 Å². The maximum atomic E-state index is 11.8. The Morgan fingerprint density at radius 1 is 1.13 bits per heavy atom. The molecule has 2 amide bonds. The zero-order chi connectivity index (χ0) is 16.8. The van der Waals surface area contributed by atoms with Crippen LogP contribution in [0.15, 0.2) is 52.0 Å². The first-order valence-corrected chi connectivity index (χ1v) is 7.79. The molecule has 0 radical (unpaired) electrons. The fraction of sp³-hybridized carbons (Fsp3) is 0.0625. The summed E-state index contributed by atoms with van der Waals surface area (Å²) in [6.45, 7) is 1.78. The first-order valence-electron chi connectivity index (χ1n) is 6.62. The van der Waals surface area contributed by atoms with E-state index in [1.165, 1.54) is 6.21 Å². The van der Waals surface area contributed by atoms with Gasteiger partial charge in [0.1, 0.15) is 0 Å². The van der Waals surface area contributed by atoms with E-state index in [-0.39, 0.29) is 0 Å². The number of benzene rings is 2. The summed E-state index contributed by atoms with van der Waals surface area (Å²) in [5.74, 6) is -1.66. The minimum absolute atomic E-state index is 0.520. The van der Waals surface area contributed by atoms with Crippen LogP contribution < -0.4 is 10.7 Å². The van der Waals surface area contributed by atoms with Gasteiger partial charge < -0.3 is 5.32 Å². The van der Waals surface area contributed by atoms with Crippen LogP contribution in [0.2, 0.25) is 5.02 Å². The van der Waals surface area contributed by atoms with Gasteiger partial charge in [-0.2, -0.15) is 5.10 Å². The highest BCUT2D eigenvalue weighted by Gasteiger charge is 2.13. The molecule has 2 aromatic rings. The number of hydrogen-bond donors (Lipinski definition) is 2. The lowest BCUT2D eigenvalue weighted by molar-refractivity contribution is -0.136. The van der Waals surface area contributed by atoms with Gasteiger partial charge in [-0.15, -0.1) is 0 Å². The molecule has 0 atom stereocenters. The van der Waals surface area contributed by atoms with Gasteiger partial charge >= 0.3 is 11.8 Å². The van der Waals surface area contributed by atoms with E-state index in [9.17, 15) is 9.59 Å². The second kappa shape index (κ2) is 7.89. The largest absolute Gasteiger partial charge is 0.329 e. The Bertz CT molecular complexity index is 760. The predicted octanol–water partition coefficient (Wildman–Crippen LogP) is 3.50. The van der Waals surface area contributed by atoms with Crippen LogP contribution in [0, 0.1) is 6.92 Å². The molecule has 0 aliphatic heterocycles. The quantitative estimate of drug-likeness (QED) is 0.475.